The molecule has 0 aliphatic carbocycles. The van der Waals surface area contributed by atoms with E-state index in [-0.39, 0.29) is 24.3 Å². The first kappa shape index (κ1) is 16.7. The molecule has 24 heavy (non-hydrogen) atoms. The number of nitrogens with zero attached hydrogens (tertiary/aromatic N) is 1. The van der Waals surface area contributed by atoms with Crippen molar-refractivity contribution < 1.29 is 14.9 Å². The van der Waals surface area contributed by atoms with Crippen LogP contribution < -0.4 is 10.2 Å². The minimum absolute atomic E-state index is 0.130. The number of anilines is 1. The van der Waals surface area contributed by atoms with Crippen molar-refractivity contribution in [3.8, 4) is 0 Å². The Bertz CT molecular complexity index is 758. The maximum absolute atomic E-state index is 12.6. The van der Waals surface area contributed by atoms with E-state index in [4.69, 9.17) is 11.6 Å². The maximum Gasteiger partial charge on any atom is 0.292 e. The zero-order valence-electron chi connectivity index (χ0n) is 13.5. The molecule has 2 aromatic rings. The van der Waals surface area contributed by atoms with E-state index in [0.29, 0.717) is 10.7 Å². The summed E-state index contributed by atoms with van der Waals surface area (Å²) in [6, 6.07) is 14.8. The van der Waals surface area contributed by atoms with Crippen molar-refractivity contribution >= 4 is 29.1 Å². The number of imide groups is 1. The summed E-state index contributed by atoms with van der Waals surface area (Å²) in [6.45, 7) is 2.72. The molecule has 4 nitrogen and oxygen atoms in total. The molecule has 0 saturated carbocycles. The average Bonchev–Trinajstić information content (AvgIpc) is 2.83. The second-order valence-corrected chi connectivity index (χ2v) is 6.55. The number of hydrogen-bond donors (Lipinski definition) is 1. The molecular formula is C19H20ClN2O2+. The summed E-state index contributed by atoms with van der Waals surface area (Å²) < 4.78 is 0. The number of halogens is 1. The van der Waals surface area contributed by atoms with E-state index < -0.39 is 0 Å². The molecule has 0 bridgehead atoms. The highest BCUT2D eigenvalue weighted by molar-refractivity contribution is 6.30. The fraction of sp³-hybridized carbons (Fsp3) is 0.263. The molecule has 0 spiro atoms. The van der Waals surface area contributed by atoms with Gasteiger partial charge in [0.15, 0.2) is 6.04 Å². The second kappa shape index (κ2) is 7.16. The van der Waals surface area contributed by atoms with Crippen LogP contribution in [0.25, 0.3) is 0 Å². The number of rotatable bonds is 5. The van der Waals surface area contributed by atoms with E-state index in [1.54, 1.807) is 0 Å². The average molecular weight is 344 g/mol. The molecule has 1 aliphatic rings. The molecule has 124 valence electrons. The minimum atomic E-state index is -0.335. The Kier molecular flexibility index (Phi) is 4.97. The molecule has 2 aromatic carbocycles. The van der Waals surface area contributed by atoms with E-state index in [1.165, 1.54) is 4.90 Å². The summed E-state index contributed by atoms with van der Waals surface area (Å²) in [5.74, 6) is -0.261. The lowest BCUT2D eigenvalue weighted by Gasteiger charge is -2.14. The highest BCUT2D eigenvalue weighted by Crippen LogP contribution is 2.22. The summed E-state index contributed by atoms with van der Waals surface area (Å²) >= 11 is 5.98. The number of carbonyl (C=O) groups is 2. The Morgan fingerprint density at radius 3 is 2.62 bits per heavy atom. The first-order chi connectivity index (χ1) is 11.5. The van der Waals surface area contributed by atoms with E-state index in [0.717, 1.165) is 24.1 Å². The number of carbonyl (C=O) groups excluding carboxylic acids is 2. The zero-order chi connectivity index (χ0) is 17.1. The van der Waals surface area contributed by atoms with Crippen LogP contribution in [0, 0.1) is 6.92 Å². The molecule has 3 rings (SSSR count). The largest absolute Gasteiger partial charge is 0.335 e. The van der Waals surface area contributed by atoms with E-state index in [9.17, 15) is 9.59 Å². The predicted octanol–water partition coefficient (Wildman–Crippen LogP) is 2.09. The van der Waals surface area contributed by atoms with Crippen LogP contribution in [0.4, 0.5) is 5.69 Å². The van der Waals surface area contributed by atoms with Gasteiger partial charge in [0.1, 0.15) is 0 Å². The number of hydrogen-bond acceptors (Lipinski definition) is 2. The second-order valence-electron chi connectivity index (χ2n) is 6.12. The van der Waals surface area contributed by atoms with Gasteiger partial charge in [0.25, 0.3) is 5.91 Å². The third-order valence-electron chi connectivity index (χ3n) is 4.25. The number of amides is 2. The molecule has 1 saturated heterocycles. The Labute approximate surface area is 146 Å². The number of aryl methyl sites for hydroxylation is 1. The van der Waals surface area contributed by atoms with Crippen LogP contribution in [0.5, 0.6) is 0 Å². The van der Waals surface area contributed by atoms with Crippen LogP contribution in [0.15, 0.2) is 48.5 Å². The number of quaternary nitrogens is 1. The lowest BCUT2D eigenvalue weighted by Crippen LogP contribution is -2.92. The van der Waals surface area contributed by atoms with Crippen molar-refractivity contribution in [3.05, 3.63) is 64.7 Å². The van der Waals surface area contributed by atoms with Crippen LogP contribution in [0.2, 0.25) is 5.02 Å². The predicted molar refractivity (Wildman–Crippen MR) is 94.0 cm³/mol. The van der Waals surface area contributed by atoms with Crippen molar-refractivity contribution in [2.24, 2.45) is 0 Å². The smallest absolute Gasteiger partial charge is 0.292 e. The van der Waals surface area contributed by atoms with Crippen LogP contribution in [-0.2, 0) is 16.0 Å². The number of benzene rings is 2. The van der Waals surface area contributed by atoms with Gasteiger partial charge < -0.3 is 5.32 Å². The highest BCUT2D eigenvalue weighted by atomic mass is 35.5. The Morgan fingerprint density at radius 2 is 1.92 bits per heavy atom. The molecule has 0 radical (unpaired) electrons. The topological polar surface area (TPSA) is 54.0 Å². The van der Waals surface area contributed by atoms with Crippen LogP contribution in [-0.4, -0.2) is 24.4 Å². The Balaban J connectivity index is 1.60. The molecule has 0 aromatic heterocycles. The first-order valence-electron chi connectivity index (χ1n) is 8.06. The normalized spacial score (nSPS) is 17.6. The van der Waals surface area contributed by atoms with Gasteiger partial charge in [0.05, 0.1) is 18.7 Å². The quantitative estimate of drug-likeness (QED) is 0.845. The van der Waals surface area contributed by atoms with E-state index >= 15 is 0 Å². The SMILES string of the molecule is Cc1ccc(N2C(=O)CC([NH2+]CCc3cccc(Cl)c3)C2=O)cc1. The Morgan fingerprint density at radius 1 is 1.17 bits per heavy atom. The van der Waals surface area contributed by atoms with Crippen LogP contribution >= 0.6 is 11.6 Å². The molecule has 1 heterocycles. The van der Waals surface area contributed by atoms with Gasteiger partial charge >= 0.3 is 0 Å². The van der Waals surface area contributed by atoms with Crippen molar-refractivity contribution in [1.29, 1.82) is 0 Å². The van der Waals surface area contributed by atoms with Crippen molar-refractivity contribution in [1.82, 2.24) is 0 Å². The van der Waals surface area contributed by atoms with Crippen LogP contribution in [0.3, 0.4) is 0 Å². The molecule has 1 atom stereocenters. The van der Waals surface area contributed by atoms with E-state index in [2.05, 4.69) is 0 Å². The van der Waals surface area contributed by atoms with Gasteiger partial charge in [-0.05, 0) is 36.8 Å². The van der Waals surface area contributed by atoms with Crippen molar-refractivity contribution in [2.75, 3.05) is 11.4 Å². The first-order valence-corrected chi connectivity index (χ1v) is 8.43. The molecule has 1 fully saturated rings. The third-order valence-corrected chi connectivity index (χ3v) is 4.48. The van der Waals surface area contributed by atoms with Gasteiger partial charge in [-0.2, -0.15) is 0 Å². The highest BCUT2D eigenvalue weighted by Gasteiger charge is 2.41. The summed E-state index contributed by atoms with van der Waals surface area (Å²) in [5, 5.41) is 2.67. The molecule has 1 unspecified atom stereocenters. The minimum Gasteiger partial charge on any atom is -0.335 e. The van der Waals surface area contributed by atoms with Gasteiger partial charge in [-0.1, -0.05) is 41.4 Å². The fourth-order valence-electron chi connectivity index (χ4n) is 2.95. The molecule has 2 N–H and O–H groups in total. The molecule has 2 amide bonds. The lowest BCUT2D eigenvalue weighted by atomic mass is 10.1. The van der Waals surface area contributed by atoms with Gasteiger partial charge in [0.2, 0.25) is 5.91 Å². The lowest BCUT2D eigenvalue weighted by molar-refractivity contribution is -0.674. The molecule has 1 aliphatic heterocycles. The summed E-state index contributed by atoms with van der Waals surface area (Å²) in [4.78, 5) is 26.1. The van der Waals surface area contributed by atoms with Gasteiger partial charge in [-0.25, -0.2) is 4.90 Å². The van der Waals surface area contributed by atoms with Gasteiger partial charge in [-0.15, -0.1) is 0 Å². The fourth-order valence-corrected chi connectivity index (χ4v) is 3.16. The number of nitrogens with two attached hydrogens (primary N) is 1. The van der Waals surface area contributed by atoms with Crippen molar-refractivity contribution in [3.63, 3.8) is 0 Å². The monoisotopic (exact) mass is 343 g/mol. The zero-order valence-corrected chi connectivity index (χ0v) is 14.3. The maximum atomic E-state index is 12.6. The summed E-state index contributed by atoms with van der Waals surface area (Å²) in [5.41, 5.74) is 2.88. The summed E-state index contributed by atoms with van der Waals surface area (Å²) in [6.07, 6.45) is 1.06. The van der Waals surface area contributed by atoms with Gasteiger partial charge in [-0.3, -0.25) is 9.59 Å². The summed E-state index contributed by atoms with van der Waals surface area (Å²) in [7, 11) is 0. The standard InChI is InChI=1S/C19H19ClN2O2/c1-13-5-7-16(8-6-13)22-18(23)12-17(19(22)24)21-10-9-14-3-2-4-15(20)11-14/h2-8,11,17,21H,9-10,12H2,1H3/p+1. The van der Waals surface area contributed by atoms with E-state index in [1.807, 2.05) is 60.8 Å². The molecular weight excluding hydrogens is 324 g/mol. The Hall–Kier alpha value is -2.17. The van der Waals surface area contributed by atoms with Crippen molar-refractivity contribution in [2.45, 2.75) is 25.8 Å². The van der Waals surface area contributed by atoms with Crippen LogP contribution in [0.1, 0.15) is 17.5 Å². The third kappa shape index (κ3) is 3.66. The molecule has 5 heteroatoms. The van der Waals surface area contributed by atoms with Gasteiger partial charge in [0, 0.05) is 11.4 Å².